The summed E-state index contributed by atoms with van der Waals surface area (Å²) in [5.41, 5.74) is 1.85. The van der Waals surface area contributed by atoms with Crippen LogP contribution in [0.15, 0.2) is 77.4 Å². The van der Waals surface area contributed by atoms with E-state index in [2.05, 4.69) is 0 Å². The van der Waals surface area contributed by atoms with Crippen LogP contribution in [0.1, 0.15) is 16.9 Å². The molecule has 2 aromatic carbocycles. The molecule has 28 heavy (non-hydrogen) atoms. The van der Waals surface area contributed by atoms with Crippen molar-refractivity contribution in [3.8, 4) is 11.5 Å². The van der Waals surface area contributed by atoms with Crippen LogP contribution in [-0.2, 0) is 17.9 Å². The molecule has 0 atom stereocenters. The van der Waals surface area contributed by atoms with Crippen LogP contribution in [0.3, 0.4) is 0 Å². The number of hydrogen-bond acceptors (Lipinski definition) is 4. The third-order valence-electron chi connectivity index (χ3n) is 4.30. The van der Waals surface area contributed by atoms with Gasteiger partial charge in [-0.2, -0.15) is 0 Å². The number of hydrogen-bond donors (Lipinski definition) is 0. The number of carbonyl (C=O) groups is 1. The van der Waals surface area contributed by atoms with Gasteiger partial charge in [-0.3, -0.25) is 4.79 Å². The minimum atomic E-state index is -0.113. The van der Waals surface area contributed by atoms with Crippen LogP contribution in [0, 0.1) is 0 Å². The summed E-state index contributed by atoms with van der Waals surface area (Å²) in [5.74, 6) is 1.96. The van der Waals surface area contributed by atoms with Crippen molar-refractivity contribution in [2.45, 2.75) is 13.1 Å². The number of methoxy groups -OCH3 is 2. The van der Waals surface area contributed by atoms with Crippen molar-refractivity contribution < 1.29 is 18.7 Å². The highest BCUT2D eigenvalue weighted by Crippen LogP contribution is 2.25. The van der Waals surface area contributed by atoms with Crippen molar-refractivity contribution in [1.82, 2.24) is 4.90 Å². The van der Waals surface area contributed by atoms with E-state index in [0.29, 0.717) is 24.6 Å². The van der Waals surface area contributed by atoms with Crippen LogP contribution in [-0.4, -0.2) is 25.0 Å². The van der Waals surface area contributed by atoms with Crippen LogP contribution in [0.25, 0.3) is 6.08 Å². The van der Waals surface area contributed by atoms with Gasteiger partial charge < -0.3 is 18.8 Å². The van der Waals surface area contributed by atoms with Gasteiger partial charge in [0.25, 0.3) is 0 Å². The third-order valence-corrected chi connectivity index (χ3v) is 4.30. The molecule has 0 saturated carbocycles. The monoisotopic (exact) mass is 377 g/mol. The summed E-state index contributed by atoms with van der Waals surface area (Å²) in [7, 11) is 3.19. The zero-order valence-corrected chi connectivity index (χ0v) is 16.0. The fourth-order valence-electron chi connectivity index (χ4n) is 2.83. The number of ether oxygens (including phenoxy) is 2. The van der Waals surface area contributed by atoms with Crippen molar-refractivity contribution in [3.05, 3.63) is 89.9 Å². The molecular formula is C23H23NO4. The van der Waals surface area contributed by atoms with Crippen LogP contribution >= 0.6 is 0 Å². The first-order valence-electron chi connectivity index (χ1n) is 8.95. The highest BCUT2D eigenvalue weighted by atomic mass is 16.5. The molecular weight excluding hydrogens is 354 g/mol. The van der Waals surface area contributed by atoms with Crippen molar-refractivity contribution in [1.29, 1.82) is 0 Å². The molecule has 1 heterocycles. The first-order valence-corrected chi connectivity index (χ1v) is 8.95. The summed E-state index contributed by atoms with van der Waals surface area (Å²) in [4.78, 5) is 14.6. The molecule has 1 aromatic heterocycles. The molecule has 0 bridgehead atoms. The molecule has 0 spiro atoms. The van der Waals surface area contributed by atoms with E-state index >= 15 is 0 Å². The predicted octanol–water partition coefficient (Wildman–Crippen LogP) is 4.54. The van der Waals surface area contributed by atoms with Gasteiger partial charge >= 0.3 is 0 Å². The number of carbonyl (C=O) groups excluding carboxylic acids is 1. The highest BCUT2D eigenvalue weighted by Gasteiger charge is 2.14. The van der Waals surface area contributed by atoms with E-state index in [1.807, 2.05) is 54.6 Å². The van der Waals surface area contributed by atoms with Gasteiger partial charge in [0.1, 0.15) is 17.3 Å². The SMILES string of the molecule is COc1ccc(/C=C/C(=O)N(Cc2ccccc2)Cc2ccco2)c(OC)c1. The molecule has 0 aliphatic carbocycles. The summed E-state index contributed by atoms with van der Waals surface area (Å²) < 4.78 is 16.0. The number of furan rings is 1. The molecule has 0 N–H and O–H groups in total. The molecule has 0 aliphatic rings. The molecule has 0 aliphatic heterocycles. The molecule has 3 rings (SSSR count). The Balaban J connectivity index is 1.79. The van der Waals surface area contributed by atoms with Crippen molar-refractivity contribution in [2.24, 2.45) is 0 Å². The van der Waals surface area contributed by atoms with Crippen molar-refractivity contribution in [2.75, 3.05) is 14.2 Å². The van der Waals surface area contributed by atoms with Gasteiger partial charge in [-0.05, 0) is 35.9 Å². The van der Waals surface area contributed by atoms with Crippen LogP contribution in [0.2, 0.25) is 0 Å². The van der Waals surface area contributed by atoms with Crippen LogP contribution in [0.4, 0.5) is 0 Å². The Hall–Kier alpha value is -3.47. The Morgan fingerprint density at radius 2 is 1.82 bits per heavy atom. The van der Waals surface area contributed by atoms with Crippen LogP contribution in [0.5, 0.6) is 11.5 Å². The molecule has 5 heteroatoms. The smallest absolute Gasteiger partial charge is 0.247 e. The fourth-order valence-corrected chi connectivity index (χ4v) is 2.83. The number of benzene rings is 2. The Morgan fingerprint density at radius 1 is 1.00 bits per heavy atom. The normalized spacial score (nSPS) is 10.8. The summed E-state index contributed by atoms with van der Waals surface area (Å²) >= 11 is 0. The molecule has 3 aromatic rings. The second-order valence-electron chi connectivity index (χ2n) is 6.20. The van der Waals surface area contributed by atoms with Crippen molar-refractivity contribution >= 4 is 12.0 Å². The van der Waals surface area contributed by atoms with Crippen molar-refractivity contribution in [3.63, 3.8) is 0 Å². The highest BCUT2D eigenvalue weighted by molar-refractivity contribution is 5.92. The Kier molecular flexibility index (Phi) is 6.52. The lowest BCUT2D eigenvalue weighted by atomic mass is 10.1. The van der Waals surface area contributed by atoms with E-state index in [1.54, 1.807) is 43.6 Å². The first-order chi connectivity index (χ1) is 13.7. The van der Waals surface area contributed by atoms with Crippen LogP contribution < -0.4 is 9.47 Å². The van der Waals surface area contributed by atoms with E-state index in [0.717, 1.165) is 16.9 Å². The largest absolute Gasteiger partial charge is 0.497 e. The minimum Gasteiger partial charge on any atom is -0.497 e. The maximum Gasteiger partial charge on any atom is 0.247 e. The van der Waals surface area contributed by atoms with E-state index in [1.165, 1.54) is 0 Å². The maximum atomic E-state index is 12.9. The molecule has 0 saturated heterocycles. The average molecular weight is 377 g/mol. The van der Waals surface area contributed by atoms with E-state index in [-0.39, 0.29) is 5.91 Å². The zero-order chi connectivity index (χ0) is 19.8. The Morgan fingerprint density at radius 3 is 2.50 bits per heavy atom. The Bertz CT molecular complexity index is 917. The molecule has 0 unspecified atom stereocenters. The zero-order valence-electron chi connectivity index (χ0n) is 16.0. The third kappa shape index (κ3) is 5.04. The standard InChI is InChI=1S/C23H23NO4/c1-26-20-12-10-19(22(15-20)27-2)11-13-23(25)24(17-21-9-6-14-28-21)16-18-7-4-3-5-8-18/h3-15H,16-17H2,1-2H3/b13-11+. The topological polar surface area (TPSA) is 51.9 Å². The Labute approximate surface area is 164 Å². The maximum absolute atomic E-state index is 12.9. The van der Waals surface area contributed by atoms with E-state index < -0.39 is 0 Å². The first kappa shape index (κ1) is 19.3. The van der Waals surface area contributed by atoms with E-state index in [4.69, 9.17) is 13.9 Å². The van der Waals surface area contributed by atoms with E-state index in [9.17, 15) is 4.79 Å². The van der Waals surface area contributed by atoms with Gasteiger partial charge in [-0.1, -0.05) is 30.3 Å². The lowest BCUT2D eigenvalue weighted by Gasteiger charge is -2.20. The number of rotatable bonds is 8. The average Bonchev–Trinajstić information content (AvgIpc) is 3.25. The summed E-state index contributed by atoms with van der Waals surface area (Å²) in [6.07, 6.45) is 4.91. The summed E-state index contributed by atoms with van der Waals surface area (Å²) in [6.45, 7) is 0.884. The van der Waals surface area contributed by atoms with Gasteiger partial charge in [0, 0.05) is 24.3 Å². The number of nitrogens with zero attached hydrogens (tertiary/aromatic N) is 1. The van der Waals surface area contributed by atoms with Gasteiger partial charge in [0.15, 0.2) is 0 Å². The lowest BCUT2D eigenvalue weighted by Crippen LogP contribution is -2.28. The van der Waals surface area contributed by atoms with Gasteiger partial charge in [-0.15, -0.1) is 0 Å². The number of amides is 1. The summed E-state index contributed by atoms with van der Waals surface area (Å²) in [6, 6.07) is 19.0. The lowest BCUT2D eigenvalue weighted by molar-refractivity contribution is -0.127. The minimum absolute atomic E-state index is 0.113. The summed E-state index contributed by atoms with van der Waals surface area (Å²) in [5, 5.41) is 0. The second kappa shape index (κ2) is 9.46. The molecule has 0 fully saturated rings. The predicted molar refractivity (Wildman–Crippen MR) is 108 cm³/mol. The molecule has 0 radical (unpaired) electrons. The quantitative estimate of drug-likeness (QED) is 0.541. The molecule has 5 nitrogen and oxygen atoms in total. The second-order valence-corrected chi connectivity index (χ2v) is 6.20. The van der Waals surface area contributed by atoms with Gasteiger partial charge in [-0.25, -0.2) is 0 Å². The van der Waals surface area contributed by atoms with Gasteiger partial charge in [0.05, 0.1) is 27.0 Å². The van der Waals surface area contributed by atoms with Gasteiger partial charge in [0.2, 0.25) is 5.91 Å². The fraction of sp³-hybridized carbons (Fsp3) is 0.174. The molecule has 1 amide bonds. The molecule has 144 valence electrons.